The molecular weight excluding hydrogens is 416 g/mol. The van der Waals surface area contributed by atoms with Crippen LogP contribution >= 0.6 is 0 Å². The van der Waals surface area contributed by atoms with Gasteiger partial charge in [0.05, 0.1) is 0 Å². The van der Waals surface area contributed by atoms with Crippen LogP contribution in [-0.2, 0) is 19.1 Å². The van der Waals surface area contributed by atoms with E-state index in [9.17, 15) is 19.2 Å². The van der Waals surface area contributed by atoms with Crippen molar-refractivity contribution in [3.8, 4) is 0 Å². The average molecular weight is 457 g/mol. The van der Waals surface area contributed by atoms with Gasteiger partial charge in [-0.1, -0.05) is 0 Å². The van der Waals surface area contributed by atoms with Crippen LogP contribution in [0, 0.1) is 0 Å². The molecule has 10 heteroatoms. The van der Waals surface area contributed by atoms with Crippen LogP contribution in [0.3, 0.4) is 0 Å². The molecule has 1 heterocycles. The monoisotopic (exact) mass is 456 g/mol. The van der Waals surface area contributed by atoms with Gasteiger partial charge in [-0.3, -0.25) is 9.59 Å². The summed E-state index contributed by atoms with van der Waals surface area (Å²) in [6, 6.07) is 0. The highest BCUT2D eigenvalue weighted by molar-refractivity contribution is 5.78. The van der Waals surface area contributed by atoms with Crippen LogP contribution in [0.4, 0.5) is 9.59 Å². The molecule has 0 aromatic heterocycles. The molecule has 1 aliphatic heterocycles. The van der Waals surface area contributed by atoms with E-state index in [2.05, 4.69) is 10.6 Å². The van der Waals surface area contributed by atoms with Gasteiger partial charge in [0, 0.05) is 52.1 Å². The van der Waals surface area contributed by atoms with Crippen molar-refractivity contribution in [2.24, 2.45) is 0 Å². The van der Waals surface area contributed by atoms with Crippen LogP contribution in [0.15, 0.2) is 0 Å². The Balaban J connectivity index is 2.17. The number of amides is 4. The molecule has 1 fully saturated rings. The van der Waals surface area contributed by atoms with Gasteiger partial charge < -0.3 is 29.9 Å². The van der Waals surface area contributed by atoms with Gasteiger partial charge in [-0.15, -0.1) is 0 Å². The van der Waals surface area contributed by atoms with Crippen molar-refractivity contribution in [2.75, 3.05) is 39.3 Å². The normalized spacial score (nSPS) is 14.6. The minimum Gasteiger partial charge on any atom is -0.444 e. The zero-order valence-corrected chi connectivity index (χ0v) is 20.4. The fraction of sp³-hybridized carbons (Fsp3) is 0.818. The van der Waals surface area contributed by atoms with Crippen molar-refractivity contribution in [1.29, 1.82) is 0 Å². The van der Waals surface area contributed by atoms with E-state index in [4.69, 9.17) is 9.47 Å². The Morgan fingerprint density at radius 1 is 0.656 bits per heavy atom. The predicted octanol–water partition coefficient (Wildman–Crippen LogP) is 2.27. The second-order valence-corrected chi connectivity index (χ2v) is 9.83. The van der Waals surface area contributed by atoms with E-state index in [-0.39, 0.29) is 11.8 Å². The summed E-state index contributed by atoms with van der Waals surface area (Å²) in [6.07, 6.45) is 0.751. The van der Waals surface area contributed by atoms with Crippen LogP contribution in [0.2, 0.25) is 0 Å². The standard InChI is InChI=1S/C22H40N4O6/c1-21(2,3)31-19(29)23-11-7-9-17(27)25-13-15-26(16-14-25)18(28)10-8-12-24-20(30)32-22(4,5)6/h7-16H2,1-6H3,(H,23,29)(H,24,30). The summed E-state index contributed by atoms with van der Waals surface area (Å²) in [4.78, 5) is 51.4. The van der Waals surface area contributed by atoms with Crippen molar-refractivity contribution in [1.82, 2.24) is 20.4 Å². The molecule has 0 bridgehead atoms. The molecule has 0 atom stereocenters. The average Bonchev–Trinajstić information content (AvgIpc) is 2.65. The van der Waals surface area contributed by atoms with Gasteiger partial charge >= 0.3 is 12.2 Å². The fourth-order valence-electron chi connectivity index (χ4n) is 3.01. The van der Waals surface area contributed by atoms with Crippen molar-refractivity contribution < 1.29 is 28.7 Å². The molecule has 184 valence electrons. The maximum Gasteiger partial charge on any atom is 0.407 e. The minimum atomic E-state index is -0.550. The Hall–Kier alpha value is -2.52. The molecule has 0 aliphatic carbocycles. The van der Waals surface area contributed by atoms with Gasteiger partial charge in [0.25, 0.3) is 0 Å². The first-order valence-electron chi connectivity index (χ1n) is 11.3. The van der Waals surface area contributed by atoms with Crippen molar-refractivity contribution in [3.05, 3.63) is 0 Å². The maximum atomic E-state index is 12.3. The summed E-state index contributed by atoms with van der Waals surface area (Å²) < 4.78 is 10.3. The molecule has 0 spiro atoms. The third-order valence-corrected chi connectivity index (χ3v) is 4.46. The molecule has 0 unspecified atom stereocenters. The topological polar surface area (TPSA) is 117 Å². The number of carbonyl (C=O) groups excluding carboxylic acids is 4. The van der Waals surface area contributed by atoms with E-state index < -0.39 is 23.4 Å². The van der Waals surface area contributed by atoms with E-state index >= 15 is 0 Å². The van der Waals surface area contributed by atoms with E-state index in [1.807, 2.05) is 0 Å². The van der Waals surface area contributed by atoms with E-state index in [0.29, 0.717) is 65.0 Å². The Morgan fingerprint density at radius 3 is 1.25 bits per heavy atom. The van der Waals surface area contributed by atoms with Crippen LogP contribution in [0.25, 0.3) is 0 Å². The fourth-order valence-corrected chi connectivity index (χ4v) is 3.01. The molecule has 32 heavy (non-hydrogen) atoms. The number of ether oxygens (including phenoxy) is 2. The van der Waals surface area contributed by atoms with E-state index in [0.717, 1.165) is 0 Å². The highest BCUT2D eigenvalue weighted by Crippen LogP contribution is 2.09. The molecule has 10 nitrogen and oxygen atoms in total. The summed E-state index contributed by atoms with van der Waals surface area (Å²) in [5.74, 6) is 0.0364. The van der Waals surface area contributed by atoms with Gasteiger partial charge in [-0.05, 0) is 54.4 Å². The van der Waals surface area contributed by atoms with Gasteiger partial charge in [-0.2, -0.15) is 0 Å². The zero-order chi connectivity index (χ0) is 24.4. The molecule has 0 aromatic rings. The first kappa shape index (κ1) is 27.5. The van der Waals surface area contributed by atoms with Crippen LogP contribution in [0.1, 0.15) is 67.2 Å². The Labute approximate surface area is 191 Å². The van der Waals surface area contributed by atoms with Gasteiger partial charge in [0.2, 0.25) is 11.8 Å². The Kier molecular flexibility index (Phi) is 10.7. The summed E-state index contributed by atoms with van der Waals surface area (Å²) in [5.41, 5.74) is -1.10. The van der Waals surface area contributed by atoms with Crippen molar-refractivity contribution in [3.63, 3.8) is 0 Å². The number of carbonyl (C=O) groups is 4. The second kappa shape index (κ2) is 12.5. The summed E-state index contributed by atoms with van der Waals surface area (Å²) in [7, 11) is 0. The lowest BCUT2D eigenvalue weighted by Gasteiger charge is -2.35. The number of piperazine rings is 1. The summed E-state index contributed by atoms with van der Waals surface area (Å²) >= 11 is 0. The Bertz CT molecular complexity index is 590. The zero-order valence-electron chi connectivity index (χ0n) is 20.4. The minimum absolute atomic E-state index is 0.0182. The predicted molar refractivity (Wildman–Crippen MR) is 120 cm³/mol. The number of hydrogen-bond donors (Lipinski definition) is 2. The molecule has 0 aromatic carbocycles. The van der Waals surface area contributed by atoms with Gasteiger partial charge in [0.1, 0.15) is 11.2 Å². The number of alkyl carbamates (subject to hydrolysis) is 2. The molecule has 1 aliphatic rings. The SMILES string of the molecule is CC(C)(C)OC(=O)NCCCC(=O)N1CCN(C(=O)CCCNC(=O)OC(C)(C)C)CC1. The lowest BCUT2D eigenvalue weighted by Crippen LogP contribution is -2.50. The van der Waals surface area contributed by atoms with Crippen LogP contribution < -0.4 is 10.6 Å². The highest BCUT2D eigenvalue weighted by Gasteiger charge is 2.24. The molecule has 1 saturated heterocycles. The molecule has 1 rings (SSSR count). The molecule has 2 N–H and O–H groups in total. The molecular formula is C22H40N4O6. The van der Waals surface area contributed by atoms with Crippen LogP contribution in [-0.4, -0.2) is 84.3 Å². The van der Waals surface area contributed by atoms with Gasteiger partial charge in [0.15, 0.2) is 0 Å². The molecule has 4 amide bonds. The number of nitrogens with zero attached hydrogens (tertiary/aromatic N) is 2. The molecule has 0 radical (unpaired) electrons. The van der Waals surface area contributed by atoms with E-state index in [1.54, 1.807) is 51.3 Å². The number of nitrogens with one attached hydrogen (secondary N) is 2. The number of rotatable bonds is 8. The lowest BCUT2D eigenvalue weighted by atomic mass is 10.2. The smallest absolute Gasteiger partial charge is 0.407 e. The lowest BCUT2D eigenvalue weighted by molar-refractivity contribution is -0.139. The highest BCUT2D eigenvalue weighted by atomic mass is 16.6. The second-order valence-electron chi connectivity index (χ2n) is 9.83. The third kappa shape index (κ3) is 12.4. The molecule has 0 saturated carbocycles. The first-order chi connectivity index (χ1) is 14.8. The van der Waals surface area contributed by atoms with Crippen molar-refractivity contribution in [2.45, 2.75) is 78.4 Å². The maximum absolute atomic E-state index is 12.3. The number of hydrogen-bond acceptors (Lipinski definition) is 6. The quantitative estimate of drug-likeness (QED) is 0.541. The summed E-state index contributed by atoms with van der Waals surface area (Å²) in [6.45, 7) is 13.5. The first-order valence-corrected chi connectivity index (χ1v) is 11.3. The van der Waals surface area contributed by atoms with E-state index in [1.165, 1.54) is 0 Å². The Morgan fingerprint density at radius 2 is 0.969 bits per heavy atom. The third-order valence-electron chi connectivity index (χ3n) is 4.46. The largest absolute Gasteiger partial charge is 0.444 e. The summed E-state index contributed by atoms with van der Waals surface area (Å²) in [5, 5.41) is 5.29. The van der Waals surface area contributed by atoms with Gasteiger partial charge in [-0.25, -0.2) is 9.59 Å². The van der Waals surface area contributed by atoms with Crippen LogP contribution in [0.5, 0.6) is 0 Å². The van der Waals surface area contributed by atoms with Crippen molar-refractivity contribution >= 4 is 24.0 Å².